The fraction of sp³-hybridized carbons (Fsp3) is 0.222. The first-order chi connectivity index (χ1) is 11.1. The first-order valence-electron chi connectivity index (χ1n) is 7.52. The molecule has 1 aromatic heterocycles. The third kappa shape index (κ3) is 2.90. The van der Waals surface area contributed by atoms with Crippen LogP contribution < -0.4 is 5.32 Å². The molecule has 1 N–H and O–H groups in total. The summed E-state index contributed by atoms with van der Waals surface area (Å²) in [5.41, 5.74) is 3.44. The smallest absolute Gasteiger partial charge is 0.337 e. The lowest BCUT2D eigenvalue weighted by molar-refractivity contribution is 0.0601. The fourth-order valence-electron chi connectivity index (χ4n) is 2.59. The summed E-state index contributed by atoms with van der Waals surface area (Å²) in [6, 6.07) is 15.5. The van der Waals surface area contributed by atoms with Crippen LogP contribution in [0.25, 0.3) is 11.0 Å². The molecule has 0 amide bonds. The number of carbonyl (C=O) groups is 1. The standard InChI is InChI=1S/C18H19N3O2/c1-12(2)21-16-7-5-4-6-15(16)20-18(21)19-14-10-8-13(9-11-14)17(22)23-3/h4-12H,1-3H3,(H,19,20). The highest BCUT2D eigenvalue weighted by molar-refractivity contribution is 5.89. The van der Waals surface area contributed by atoms with E-state index in [1.165, 1.54) is 7.11 Å². The van der Waals surface area contributed by atoms with Gasteiger partial charge < -0.3 is 14.6 Å². The Morgan fingerprint density at radius 2 is 1.83 bits per heavy atom. The number of hydrogen-bond acceptors (Lipinski definition) is 4. The maximum atomic E-state index is 11.5. The molecular formula is C18H19N3O2. The van der Waals surface area contributed by atoms with E-state index in [9.17, 15) is 4.79 Å². The topological polar surface area (TPSA) is 56.1 Å². The largest absolute Gasteiger partial charge is 0.465 e. The van der Waals surface area contributed by atoms with Crippen molar-refractivity contribution in [2.24, 2.45) is 0 Å². The second kappa shape index (κ2) is 6.12. The summed E-state index contributed by atoms with van der Waals surface area (Å²) in [6.45, 7) is 4.25. The maximum Gasteiger partial charge on any atom is 0.337 e. The number of carbonyl (C=O) groups excluding carboxylic acids is 1. The molecule has 0 unspecified atom stereocenters. The Kier molecular flexibility index (Phi) is 4.02. The molecule has 0 atom stereocenters. The zero-order valence-electron chi connectivity index (χ0n) is 13.4. The van der Waals surface area contributed by atoms with Crippen LogP contribution >= 0.6 is 0 Å². The number of hydrogen-bond donors (Lipinski definition) is 1. The van der Waals surface area contributed by atoms with E-state index in [-0.39, 0.29) is 12.0 Å². The number of imidazole rings is 1. The number of rotatable bonds is 4. The molecule has 5 heteroatoms. The molecule has 2 aromatic carbocycles. The molecule has 0 aliphatic rings. The summed E-state index contributed by atoms with van der Waals surface area (Å²) in [5, 5.41) is 3.33. The lowest BCUT2D eigenvalue weighted by Gasteiger charge is -2.14. The predicted octanol–water partition coefficient (Wildman–Crippen LogP) is 4.15. The van der Waals surface area contributed by atoms with Crippen LogP contribution in [0.2, 0.25) is 0 Å². The second-order valence-electron chi connectivity index (χ2n) is 5.58. The Morgan fingerprint density at radius 1 is 1.13 bits per heavy atom. The van der Waals surface area contributed by atoms with Crippen molar-refractivity contribution in [3.05, 3.63) is 54.1 Å². The van der Waals surface area contributed by atoms with Crippen LogP contribution in [0.15, 0.2) is 48.5 Å². The molecule has 0 spiro atoms. The summed E-state index contributed by atoms with van der Waals surface area (Å²) in [6.07, 6.45) is 0. The third-order valence-corrected chi connectivity index (χ3v) is 3.67. The minimum absolute atomic E-state index is 0.277. The highest BCUT2D eigenvalue weighted by Crippen LogP contribution is 2.26. The maximum absolute atomic E-state index is 11.5. The average molecular weight is 309 g/mol. The molecule has 0 bridgehead atoms. The number of ether oxygens (including phenoxy) is 1. The molecule has 23 heavy (non-hydrogen) atoms. The zero-order chi connectivity index (χ0) is 16.4. The van der Waals surface area contributed by atoms with E-state index in [1.54, 1.807) is 12.1 Å². The van der Waals surface area contributed by atoms with Gasteiger partial charge in [-0.3, -0.25) is 0 Å². The summed E-state index contributed by atoms with van der Waals surface area (Å²) >= 11 is 0. The van der Waals surface area contributed by atoms with Crippen molar-refractivity contribution in [2.45, 2.75) is 19.9 Å². The minimum atomic E-state index is -0.342. The van der Waals surface area contributed by atoms with Crippen molar-refractivity contribution in [2.75, 3.05) is 12.4 Å². The average Bonchev–Trinajstić information content (AvgIpc) is 2.92. The van der Waals surface area contributed by atoms with Crippen molar-refractivity contribution in [1.29, 1.82) is 0 Å². The van der Waals surface area contributed by atoms with E-state index in [4.69, 9.17) is 4.74 Å². The van der Waals surface area contributed by atoms with Crippen LogP contribution in [0.5, 0.6) is 0 Å². The van der Waals surface area contributed by atoms with Gasteiger partial charge in [0.1, 0.15) is 0 Å². The molecule has 3 rings (SSSR count). The van der Waals surface area contributed by atoms with Crippen LogP contribution in [0.4, 0.5) is 11.6 Å². The van der Waals surface area contributed by atoms with Gasteiger partial charge in [-0.15, -0.1) is 0 Å². The summed E-state index contributed by atoms with van der Waals surface area (Å²) < 4.78 is 6.87. The van der Waals surface area contributed by atoms with Crippen molar-refractivity contribution >= 4 is 28.6 Å². The number of para-hydroxylation sites is 2. The Morgan fingerprint density at radius 3 is 2.48 bits per heavy atom. The normalized spacial score (nSPS) is 11.0. The van der Waals surface area contributed by atoms with E-state index in [2.05, 4.69) is 34.8 Å². The number of fused-ring (bicyclic) bond motifs is 1. The monoisotopic (exact) mass is 309 g/mol. The number of anilines is 2. The van der Waals surface area contributed by atoms with Gasteiger partial charge in [-0.1, -0.05) is 12.1 Å². The number of benzene rings is 2. The second-order valence-corrected chi connectivity index (χ2v) is 5.58. The lowest BCUT2D eigenvalue weighted by Crippen LogP contribution is -2.06. The van der Waals surface area contributed by atoms with Crippen LogP contribution in [-0.4, -0.2) is 22.6 Å². The number of esters is 1. The summed E-state index contributed by atoms with van der Waals surface area (Å²) in [7, 11) is 1.37. The van der Waals surface area contributed by atoms with Gasteiger partial charge in [0.15, 0.2) is 0 Å². The molecule has 0 fully saturated rings. The van der Waals surface area contributed by atoms with Gasteiger partial charge in [0.25, 0.3) is 0 Å². The number of aromatic nitrogens is 2. The van der Waals surface area contributed by atoms with Gasteiger partial charge in [0.2, 0.25) is 5.95 Å². The number of methoxy groups -OCH3 is 1. The van der Waals surface area contributed by atoms with Crippen molar-refractivity contribution in [1.82, 2.24) is 9.55 Å². The van der Waals surface area contributed by atoms with Gasteiger partial charge in [-0.2, -0.15) is 0 Å². The van der Waals surface area contributed by atoms with Crippen LogP contribution in [0, 0.1) is 0 Å². The Bertz CT molecular complexity index is 835. The zero-order valence-corrected chi connectivity index (χ0v) is 13.4. The highest BCUT2D eigenvalue weighted by Gasteiger charge is 2.13. The van der Waals surface area contributed by atoms with Crippen molar-refractivity contribution < 1.29 is 9.53 Å². The van der Waals surface area contributed by atoms with Gasteiger partial charge in [-0.25, -0.2) is 9.78 Å². The van der Waals surface area contributed by atoms with Gasteiger partial charge in [0.05, 0.1) is 23.7 Å². The lowest BCUT2D eigenvalue weighted by atomic mass is 10.2. The molecule has 0 saturated carbocycles. The van der Waals surface area contributed by atoms with E-state index in [1.807, 2.05) is 30.3 Å². The van der Waals surface area contributed by atoms with Gasteiger partial charge in [-0.05, 0) is 50.2 Å². The van der Waals surface area contributed by atoms with Crippen LogP contribution in [0.1, 0.15) is 30.2 Å². The van der Waals surface area contributed by atoms with Crippen LogP contribution in [0.3, 0.4) is 0 Å². The fourth-order valence-corrected chi connectivity index (χ4v) is 2.59. The SMILES string of the molecule is COC(=O)c1ccc(Nc2nc3ccccc3n2C(C)C)cc1. The van der Waals surface area contributed by atoms with E-state index in [0.29, 0.717) is 5.56 Å². The van der Waals surface area contributed by atoms with Crippen LogP contribution in [-0.2, 0) is 4.74 Å². The first kappa shape index (κ1) is 15.1. The molecule has 0 saturated heterocycles. The summed E-state index contributed by atoms with van der Waals surface area (Å²) in [4.78, 5) is 16.1. The number of nitrogens with zero attached hydrogens (tertiary/aromatic N) is 2. The first-order valence-corrected chi connectivity index (χ1v) is 7.52. The molecule has 118 valence electrons. The Balaban J connectivity index is 1.95. The quantitative estimate of drug-likeness (QED) is 0.736. The molecule has 1 heterocycles. The van der Waals surface area contributed by atoms with E-state index < -0.39 is 0 Å². The van der Waals surface area contributed by atoms with Gasteiger partial charge >= 0.3 is 5.97 Å². The van der Waals surface area contributed by atoms with Crippen molar-refractivity contribution in [3.63, 3.8) is 0 Å². The predicted molar refractivity (Wildman–Crippen MR) is 91.2 cm³/mol. The molecule has 5 nitrogen and oxygen atoms in total. The van der Waals surface area contributed by atoms with E-state index in [0.717, 1.165) is 22.7 Å². The van der Waals surface area contributed by atoms with E-state index >= 15 is 0 Å². The van der Waals surface area contributed by atoms with Crippen molar-refractivity contribution in [3.8, 4) is 0 Å². The molecule has 0 radical (unpaired) electrons. The highest BCUT2D eigenvalue weighted by atomic mass is 16.5. The Hall–Kier alpha value is -2.82. The number of nitrogens with one attached hydrogen (secondary N) is 1. The van der Waals surface area contributed by atoms with Gasteiger partial charge in [0, 0.05) is 11.7 Å². The summed E-state index contributed by atoms with van der Waals surface area (Å²) in [5.74, 6) is 0.443. The molecular weight excluding hydrogens is 290 g/mol. The molecule has 3 aromatic rings. The molecule has 0 aliphatic carbocycles. The third-order valence-electron chi connectivity index (χ3n) is 3.67. The Labute approximate surface area is 134 Å². The minimum Gasteiger partial charge on any atom is -0.465 e. The molecule has 0 aliphatic heterocycles.